The van der Waals surface area contributed by atoms with Crippen LogP contribution in [0.15, 0.2) is 24.3 Å². The first-order valence-corrected chi connectivity index (χ1v) is 5.85. The van der Waals surface area contributed by atoms with Crippen molar-refractivity contribution in [2.75, 3.05) is 0 Å². The van der Waals surface area contributed by atoms with E-state index in [0.717, 1.165) is 5.56 Å². The SMILES string of the molecule is CC(C)(CC(N)=O)NCc1ccc(OC(F)F)cc1. The zero-order valence-corrected chi connectivity index (χ0v) is 11.0. The molecule has 0 aromatic heterocycles. The van der Waals surface area contributed by atoms with Crippen LogP contribution in [0.3, 0.4) is 0 Å². The first-order chi connectivity index (χ1) is 8.78. The maximum atomic E-state index is 12.0. The number of amides is 1. The predicted octanol–water partition coefficient (Wildman–Crippen LogP) is 2.03. The third-order valence-corrected chi connectivity index (χ3v) is 2.54. The maximum Gasteiger partial charge on any atom is 0.387 e. The number of benzene rings is 1. The lowest BCUT2D eigenvalue weighted by Gasteiger charge is -2.24. The molecule has 0 radical (unpaired) electrons. The Morgan fingerprint density at radius 3 is 2.42 bits per heavy atom. The molecule has 6 heteroatoms. The second kappa shape index (κ2) is 6.47. The van der Waals surface area contributed by atoms with Gasteiger partial charge in [0.2, 0.25) is 5.91 Å². The number of nitrogens with two attached hydrogens (primary N) is 1. The number of nitrogens with one attached hydrogen (secondary N) is 1. The Labute approximate surface area is 110 Å². The lowest BCUT2D eigenvalue weighted by atomic mass is 10.00. The van der Waals surface area contributed by atoms with Crippen LogP contribution in [-0.4, -0.2) is 18.1 Å². The minimum absolute atomic E-state index is 0.121. The minimum atomic E-state index is -2.82. The molecule has 0 saturated heterocycles. The lowest BCUT2D eigenvalue weighted by Crippen LogP contribution is -2.42. The molecular weight excluding hydrogens is 254 g/mol. The van der Waals surface area contributed by atoms with Crippen molar-refractivity contribution in [1.82, 2.24) is 5.32 Å². The van der Waals surface area contributed by atoms with Crippen molar-refractivity contribution in [2.45, 2.75) is 39.0 Å². The molecule has 0 atom stereocenters. The number of carbonyl (C=O) groups excluding carboxylic acids is 1. The summed E-state index contributed by atoms with van der Waals surface area (Å²) < 4.78 is 28.2. The summed E-state index contributed by atoms with van der Waals surface area (Å²) in [5, 5.41) is 3.18. The molecule has 0 heterocycles. The molecule has 3 N–H and O–H groups in total. The predicted molar refractivity (Wildman–Crippen MR) is 67.8 cm³/mol. The second-order valence-electron chi connectivity index (χ2n) is 4.90. The van der Waals surface area contributed by atoms with E-state index in [1.54, 1.807) is 12.1 Å². The third-order valence-electron chi connectivity index (χ3n) is 2.54. The van der Waals surface area contributed by atoms with Gasteiger partial charge >= 0.3 is 6.61 Å². The van der Waals surface area contributed by atoms with Crippen molar-refractivity contribution in [3.8, 4) is 5.75 Å². The van der Waals surface area contributed by atoms with Gasteiger partial charge in [0.05, 0.1) is 0 Å². The van der Waals surface area contributed by atoms with Crippen LogP contribution in [-0.2, 0) is 11.3 Å². The highest BCUT2D eigenvalue weighted by Crippen LogP contribution is 2.16. The van der Waals surface area contributed by atoms with Crippen LogP contribution in [0, 0.1) is 0 Å². The highest BCUT2D eigenvalue weighted by Gasteiger charge is 2.19. The van der Waals surface area contributed by atoms with Crippen LogP contribution < -0.4 is 15.8 Å². The molecule has 106 valence electrons. The van der Waals surface area contributed by atoms with Gasteiger partial charge in [0.1, 0.15) is 5.75 Å². The summed E-state index contributed by atoms with van der Waals surface area (Å²) in [6.07, 6.45) is 0.222. The molecular formula is C13H18F2N2O2. The summed E-state index contributed by atoms with van der Waals surface area (Å²) in [5.74, 6) is -0.256. The van der Waals surface area contributed by atoms with E-state index in [2.05, 4.69) is 10.1 Å². The standard InChI is InChI=1S/C13H18F2N2O2/c1-13(2,7-11(16)18)17-8-9-3-5-10(6-4-9)19-12(14)15/h3-6,12,17H,7-8H2,1-2H3,(H2,16,18). The van der Waals surface area contributed by atoms with Crippen molar-refractivity contribution in [3.05, 3.63) is 29.8 Å². The largest absolute Gasteiger partial charge is 0.435 e. The maximum absolute atomic E-state index is 12.0. The van der Waals surface area contributed by atoms with Gasteiger partial charge in [0, 0.05) is 18.5 Å². The molecule has 1 rings (SSSR count). The van der Waals surface area contributed by atoms with Gasteiger partial charge < -0.3 is 15.8 Å². The summed E-state index contributed by atoms with van der Waals surface area (Å²) >= 11 is 0. The van der Waals surface area contributed by atoms with E-state index in [1.807, 2.05) is 13.8 Å². The summed E-state index contributed by atoms with van der Waals surface area (Å²) in [4.78, 5) is 10.9. The monoisotopic (exact) mass is 272 g/mol. The molecule has 0 unspecified atom stereocenters. The Kier molecular flexibility index (Phi) is 5.23. The molecule has 4 nitrogen and oxygen atoms in total. The Balaban J connectivity index is 2.52. The fourth-order valence-corrected chi connectivity index (χ4v) is 1.63. The van der Waals surface area contributed by atoms with Gasteiger partial charge in [-0.1, -0.05) is 12.1 Å². The van der Waals surface area contributed by atoms with Gasteiger partial charge in [-0.25, -0.2) is 0 Å². The van der Waals surface area contributed by atoms with Gasteiger partial charge in [0.25, 0.3) is 0 Å². The average Bonchev–Trinajstić information content (AvgIpc) is 2.25. The zero-order chi connectivity index (χ0) is 14.5. The van der Waals surface area contributed by atoms with E-state index in [1.165, 1.54) is 12.1 Å². The molecule has 0 aliphatic heterocycles. The van der Waals surface area contributed by atoms with Gasteiger partial charge in [-0.2, -0.15) is 8.78 Å². The normalized spacial score (nSPS) is 11.6. The number of primary amides is 1. The molecule has 1 amide bonds. The quantitative estimate of drug-likeness (QED) is 0.798. The number of ether oxygens (including phenoxy) is 1. The molecule has 19 heavy (non-hydrogen) atoms. The van der Waals surface area contributed by atoms with Crippen LogP contribution in [0.1, 0.15) is 25.8 Å². The number of halogens is 2. The van der Waals surface area contributed by atoms with Crippen molar-refractivity contribution in [3.63, 3.8) is 0 Å². The molecule has 0 aliphatic carbocycles. The Morgan fingerprint density at radius 2 is 1.95 bits per heavy atom. The first kappa shape index (κ1) is 15.4. The Bertz CT molecular complexity index is 419. The minimum Gasteiger partial charge on any atom is -0.435 e. The lowest BCUT2D eigenvalue weighted by molar-refractivity contribution is -0.119. The highest BCUT2D eigenvalue weighted by atomic mass is 19.3. The van der Waals surface area contributed by atoms with E-state index in [4.69, 9.17) is 5.73 Å². The van der Waals surface area contributed by atoms with Gasteiger partial charge in [-0.05, 0) is 31.5 Å². The fourth-order valence-electron chi connectivity index (χ4n) is 1.63. The van der Waals surface area contributed by atoms with E-state index in [9.17, 15) is 13.6 Å². The molecule has 1 aromatic carbocycles. The smallest absolute Gasteiger partial charge is 0.387 e. The average molecular weight is 272 g/mol. The highest BCUT2D eigenvalue weighted by molar-refractivity contribution is 5.74. The number of carbonyl (C=O) groups is 1. The molecule has 1 aromatic rings. The second-order valence-corrected chi connectivity index (χ2v) is 4.90. The van der Waals surface area contributed by atoms with E-state index in [-0.39, 0.29) is 18.1 Å². The molecule has 0 saturated carbocycles. The van der Waals surface area contributed by atoms with E-state index < -0.39 is 12.2 Å². The number of rotatable bonds is 7. The van der Waals surface area contributed by atoms with Gasteiger partial charge in [-0.3, -0.25) is 4.79 Å². The number of hydrogen-bond donors (Lipinski definition) is 2. The van der Waals surface area contributed by atoms with Crippen LogP contribution in [0.4, 0.5) is 8.78 Å². The number of hydrogen-bond acceptors (Lipinski definition) is 3. The fraction of sp³-hybridized carbons (Fsp3) is 0.462. The van der Waals surface area contributed by atoms with Gasteiger partial charge in [0.15, 0.2) is 0 Å². The van der Waals surface area contributed by atoms with Crippen LogP contribution in [0.2, 0.25) is 0 Å². The van der Waals surface area contributed by atoms with Crippen molar-refractivity contribution >= 4 is 5.91 Å². The summed E-state index contributed by atoms with van der Waals surface area (Å²) in [7, 11) is 0. The molecule has 0 bridgehead atoms. The van der Waals surface area contributed by atoms with Crippen LogP contribution >= 0.6 is 0 Å². The molecule has 0 fully saturated rings. The van der Waals surface area contributed by atoms with Crippen LogP contribution in [0.25, 0.3) is 0 Å². The van der Waals surface area contributed by atoms with Crippen molar-refractivity contribution < 1.29 is 18.3 Å². The Morgan fingerprint density at radius 1 is 1.37 bits per heavy atom. The third kappa shape index (κ3) is 6.15. The van der Waals surface area contributed by atoms with E-state index in [0.29, 0.717) is 6.54 Å². The summed E-state index contributed by atoms with van der Waals surface area (Å²) in [5.41, 5.74) is 5.64. The molecule has 0 spiro atoms. The van der Waals surface area contributed by atoms with Crippen molar-refractivity contribution in [1.29, 1.82) is 0 Å². The topological polar surface area (TPSA) is 64.4 Å². The zero-order valence-electron chi connectivity index (χ0n) is 11.0. The van der Waals surface area contributed by atoms with Crippen LogP contribution in [0.5, 0.6) is 5.75 Å². The number of alkyl halides is 2. The summed E-state index contributed by atoms with van der Waals surface area (Å²) in [6, 6.07) is 6.32. The van der Waals surface area contributed by atoms with Crippen molar-refractivity contribution in [2.24, 2.45) is 5.73 Å². The molecule has 0 aliphatic rings. The van der Waals surface area contributed by atoms with Gasteiger partial charge in [-0.15, -0.1) is 0 Å². The summed E-state index contributed by atoms with van der Waals surface area (Å²) in [6.45, 7) is 1.42. The first-order valence-electron chi connectivity index (χ1n) is 5.85. The van der Waals surface area contributed by atoms with E-state index >= 15 is 0 Å². The Hall–Kier alpha value is -1.69.